The van der Waals surface area contributed by atoms with Gasteiger partial charge in [-0.3, -0.25) is 0 Å². The fraction of sp³-hybridized carbons (Fsp3) is 0.533. The van der Waals surface area contributed by atoms with Crippen LogP contribution in [0.15, 0.2) is 18.2 Å². The largest absolute Gasteiger partial charge is 0.450 e. The average molecular weight is 277 g/mol. The molecular formula is C15H23N3O2. The zero-order valence-electron chi connectivity index (χ0n) is 12.2. The summed E-state index contributed by atoms with van der Waals surface area (Å²) in [5, 5.41) is 3.53. The van der Waals surface area contributed by atoms with Crippen molar-refractivity contribution in [3.8, 4) is 0 Å². The zero-order valence-corrected chi connectivity index (χ0v) is 12.2. The molecule has 0 unspecified atom stereocenters. The molecule has 1 aromatic rings. The summed E-state index contributed by atoms with van der Waals surface area (Å²) in [4.78, 5) is 13.4. The molecule has 3 N–H and O–H groups in total. The molecule has 0 radical (unpaired) electrons. The molecule has 0 aromatic heterocycles. The maximum absolute atomic E-state index is 11.6. The number of piperidine rings is 1. The van der Waals surface area contributed by atoms with Crippen molar-refractivity contribution in [2.24, 2.45) is 0 Å². The van der Waals surface area contributed by atoms with E-state index in [0.29, 0.717) is 12.6 Å². The number of amides is 1. The SMILES string of the molecule is CCOC(=O)N1CCC(Nc2ccc(N)cc2C)CC1. The molecule has 0 atom stereocenters. The molecule has 5 nitrogen and oxygen atoms in total. The van der Waals surface area contributed by atoms with Crippen molar-refractivity contribution in [3.05, 3.63) is 23.8 Å². The van der Waals surface area contributed by atoms with Gasteiger partial charge in [-0.25, -0.2) is 4.79 Å². The van der Waals surface area contributed by atoms with Crippen LogP contribution in [-0.2, 0) is 4.74 Å². The Morgan fingerprint density at radius 3 is 2.75 bits per heavy atom. The molecule has 1 aliphatic heterocycles. The molecule has 20 heavy (non-hydrogen) atoms. The van der Waals surface area contributed by atoms with Crippen LogP contribution in [0.4, 0.5) is 16.2 Å². The minimum absolute atomic E-state index is 0.199. The maximum Gasteiger partial charge on any atom is 0.409 e. The number of likely N-dealkylation sites (tertiary alicyclic amines) is 1. The summed E-state index contributed by atoms with van der Waals surface area (Å²) in [6, 6.07) is 6.28. The number of nitrogens with two attached hydrogens (primary N) is 1. The van der Waals surface area contributed by atoms with E-state index in [4.69, 9.17) is 10.5 Å². The first-order valence-corrected chi connectivity index (χ1v) is 7.14. The quantitative estimate of drug-likeness (QED) is 0.833. The highest BCUT2D eigenvalue weighted by molar-refractivity contribution is 5.67. The van der Waals surface area contributed by atoms with E-state index in [0.717, 1.165) is 42.9 Å². The third-order valence-corrected chi connectivity index (χ3v) is 3.63. The molecule has 0 saturated carbocycles. The highest BCUT2D eigenvalue weighted by Crippen LogP contribution is 2.22. The van der Waals surface area contributed by atoms with Crippen LogP contribution in [0.1, 0.15) is 25.3 Å². The second-order valence-corrected chi connectivity index (χ2v) is 5.18. The van der Waals surface area contributed by atoms with Gasteiger partial charge >= 0.3 is 6.09 Å². The Morgan fingerprint density at radius 2 is 2.15 bits per heavy atom. The minimum atomic E-state index is -0.199. The molecule has 1 amide bonds. The van der Waals surface area contributed by atoms with Gasteiger partial charge in [0.2, 0.25) is 0 Å². The number of aryl methyl sites for hydroxylation is 1. The molecule has 1 aliphatic rings. The molecule has 1 heterocycles. The number of carbonyl (C=O) groups excluding carboxylic acids is 1. The number of rotatable bonds is 3. The van der Waals surface area contributed by atoms with E-state index in [1.165, 1.54) is 0 Å². The van der Waals surface area contributed by atoms with Crippen molar-refractivity contribution in [3.63, 3.8) is 0 Å². The van der Waals surface area contributed by atoms with Gasteiger partial charge in [-0.15, -0.1) is 0 Å². The summed E-state index contributed by atoms with van der Waals surface area (Å²) in [5.74, 6) is 0. The van der Waals surface area contributed by atoms with Crippen LogP contribution in [0.2, 0.25) is 0 Å². The van der Waals surface area contributed by atoms with E-state index in [1.807, 2.05) is 32.0 Å². The summed E-state index contributed by atoms with van der Waals surface area (Å²) in [7, 11) is 0. The minimum Gasteiger partial charge on any atom is -0.450 e. The predicted molar refractivity (Wildman–Crippen MR) is 80.8 cm³/mol. The molecule has 1 aromatic carbocycles. The number of nitrogens with zero attached hydrogens (tertiary/aromatic N) is 1. The van der Waals surface area contributed by atoms with E-state index in [2.05, 4.69) is 5.32 Å². The lowest BCUT2D eigenvalue weighted by molar-refractivity contribution is 0.0983. The van der Waals surface area contributed by atoms with E-state index < -0.39 is 0 Å². The van der Waals surface area contributed by atoms with Gasteiger partial charge < -0.3 is 20.7 Å². The number of benzene rings is 1. The van der Waals surface area contributed by atoms with Crippen molar-refractivity contribution < 1.29 is 9.53 Å². The Kier molecular flexibility index (Phi) is 4.71. The molecule has 0 spiro atoms. The van der Waals surface area contributed by atoms with E-state index >= 15 is 0 Å². The van der Waals surface area contributed by atoms with Gasteiger partial charge in [0.05, 0.1) is 6.61 Å². The predicted octanol–water partition coefficient (Wildman–Crippen LogP) is 2.61. The zero-order chi connectivity index (χ0) is 14.5. The molecule has 0 bridgehead atoms. The van der Waals surface area contributed by atoms with Crippen LogP contribution in [-0.4, -0.2) is 36.7 Å². The van der Waals surface area contributed by atoms with Crippen molar-refractivity contribution in [2.45, 2.75) is 32.7 Å². The molecule has 5 heteroatoms. The van der Waals surface area contributed by atoms with Crippen molar-refractivity contribution in [1.82, 2.24) is 4.90 Å². The Labute approximate surface area is 120 Å². The maximum atomic E-state index is 11.6. The van der Waals surface area contributed by atoms with Gasteiger partial charge in [0.25, 0.3) is 0 Å². The van der Waals surface area contributed by atoms with Gasteiger partial charge in [0.1, 0.15) is 0 Å². The smallest absolute Gasteiger partial charge is 0.409 e. The molecule has 110 valence electrons. The topological polar surface area (TPSA) is 67.6 Å². The molecular weight excluding hydrogens is 254 g/mol. The second kappa shape index (κ2) is 6.50. The fourth-order valence-corrected chi connectivity index (χ4v) is 2.49. The summed E-state index contributed by atoms with van der Waals surface area (Å²) < 4.78 is 5.02. The number of nitrogens with one attached hydrogen (secondary N) is 1. The molecule has 1 saturated heterocycles. The number of carbonyl (C=O) groups is 1. The van der Waals surface area contributed by atoms with E-state index in [-0.39, 0.29) is 6.09 Å². The van der Waals surface area contributed by atoms with Crippen molar-refractivity contribution in [1.29, 1.82) is 0 Å². The number of anilines is 2. The first-order valence-electron chi connectivity index (χ1n) is 7.14. The van der Waals surface area contributed by atoms with Gasteiger partial charge in [-0.1, -0.05) is 0 Å². The lowest BCUT2D eigenvalue weighted by atomic mass is 10.0. The van der Waals surface area contributed by atoms with Crippen molar-refractivity contribution in [2.75, 3.05) is 30.7 Å². The number of ether oxygens (including phenoxy) is 1. The number of nitrogen functional groups attached to an aromatic ring is 1. The molecule has 0 aliphatic carbocycles. The lowest BCUT2D eigenvalue weighted by Gasteiger charge is -2.32. The Morgan fingerprint density at radius 1 is 1.45 bits per heavy atom. The highest BCUT2D eigenvalue weighted by Gasteiger charge is 2.23. The fourth-order valence-electron chi connectivity index (χ4n) is 2.49. The number of hydrogen-bond donors (Lipinski definition) is 2. The van der Waals surface area contributed by atoms with Crippen LogP contribution < -0.4 is 11.1 Å². The normalized spacial score (nSPS) is 16.0. The monoisotopic (exact) mass is 277 g/mol. The van der Waals surface area contributed by atoms with E-state index in [1.54, 1.807) is 4.90 Å². The van der Waals surface area contributed by atoms with E-state index in [9.17, 15) is 4.79 Å². The summed E-state index contributed by atoms with van der Waals surface area (Å²) in [6.45, 7) is 5.79. The van der Waals surface area contributed by atoms with Crippen LogP contribution in [0.3, 0.4) is 0 Å². The standard InChI is InChI=1S/C15H23N3O2/c1-3-20-15(19)18-8-6-13(7-9-18)17-14-5-4-12(16)10-11(14)2/h4-5,10,13,17H,3,6-9,16H2,1-2H3. The van der Waals surface area contributed by atoms with Crippen LogP contribution in [0.25, 0.3) is 0 Å². The summed E-state index contributed by atoms with van der Waals surface area (Å²) in [5.41, 5.74) is 8.81. The third-order valence-electron chi connectivity index (χ3n) is 3.63. The Bertz CT molecular complexity index is 468. The average Bonchev–Trinajstić information content (AvgIpc) is 2.43. The summed E-state index contributed by atoms with van der Waals surface area (Å²) >= 11 is 0. The number of hydrogen-bond acceptors (Lipinski definition) is 4. The van der Waals surface area contributed by atoms with Gasteiger partial charge in [-0.2, -0.15) is 0 Å². The first kappa shape index (κ1) is 14.5. The van der Waals surface area contributed by atoms with Gasteiger partial charge in [0.15, 0.2) is 0 Å². The first-order chi connectivity index (χ1) is 9.60. The van der Waals surface area contributed by atoms with Crippen LogP contribution in [0, 0.1) is 6.92 Å². The Hall–Kier alpha value is -1.91. The highest BCUT2D eigenvalue weighted by atomic mass is 16.6. The molecule has 2 rings (SSSR count). The van der Waals surface area contributed by atoms with Crippen LogP contribution >= 0.6 is 0 Å². The second-order valence-electron chi connectivity index (χ2n) is 5.18. The van der Waals surface area contributed by atoms with Gasteiger partial charge in [-0.05, 0) is 50.5 Å². The molecule has 1 fully saturated rings. The van der Waals surface area contributed by atoms with Gasteiger partial charge in [0, 0.05) is 30.5 Å². The third kappa shape index (κ3) is 3.56. The Balaban J connectivity index is 1.86. The van der Waals surface area contributed by atoms with Crippen LogP contribution in [0.5, 0.6) is 0 Å². The lowest BCUT2D eigenvalue weighted by Crippen LogP contribution is -2.42. The summed E-state index contributed by atoms with van der Waals surface area (Å²) in [6.07, 6.45) is 1.67. The van der Waals surface area contributed by atoms with Crippen molar-refractivity contribution >= 4 is 17.5 Å².